The third-order valence-corrected chi connectivity index (χ3v) is 0.378. The maximum absolute atomic E-state index is 5.01. The topological polar surface area (TPSA) is 0 Å². The zero-order valence-electron chi connectivity index (χ0n) is 2.53. The van der Waals surface area contributed by atoms with Crippen LogP contribution in [0.2, 0.25) is 0 Å². The third kappa shape index (κ3) is 2.03. The molecule has 0 bridgehead atoms. The van der Waals surface area contributed by atoms with Gasteiger partial charge in [-0.3, -0.25) is 0 Å². The molecule has 0 amide bonds. The highest BCUT2D eigenvalue weighted by Crippen LogP contribution is 1.70. The lowest BCUT2D eigenvalue weighted by Crippen LogP contribution is -1.20. The molecule has 24 valence electrons. The summed E-state index contributed by atoms with van der Waals surface area (Å²) < 4.78 is 0. The van der Waals surface area contributed by atoms with Gasteiger partial charge in [0.15, 0.2) is 0 Å². The van der Waals surface area contributed by atoms with Crippen LogP contribution in [-0.2, 0) is 0 Å². The lowest BCUT2D eigenvalue weighted by molar-refractivity contribution is 1.78. The fourth-order valence-electron chi connectivity index (χ4n) is 0. The summed E-state index contributed by atoms with van der Waals surface area (Å²) in [7, 11) is 0. The summed E-state index contributed by atoms with van der Waals surface area (Å²) >= 11 is 5.01. The molecule has 0 aromatic rings. The number of allylic oxidation sites excluding steroid dienone is 1. The lowest BCUT2D eigenvalue weighted by atomic mass is 10.8. The molecule has 0 N–H and O–H groups in total. The van der Waals surface area contributed by atoms with Crippen molar-refractivity contribution in [2.24, 2.45) is 0 Å². The van der Waals surface area contributed by atoms with Gasteiger partial charge < -0.3 is 0 Å². The molecular formula is C3H5Cl. The Bertz CT molecular complexity index is 18.5. The summed E-state index contributed by atoms with van der Waals surface area (Å²) in [4.78, 5) is 0. The van der Waals surface area contributed by atoms with Crippen LogP contribution in [0, 0.1) is 0 Å². The van der Waals surface area contributed by atoms with Crippen LogP contribution in [0.1, 0.15) is 6.92 Å². The van der Waals surface area contributed by atoms with Crippen LogP contribution in [0.3, 0.4) is 0 Å². The molecule has 0 aliphatic heterocycles. The minimum Gasteiger partial charge on any atom is -0.0933 e. The second-order valence-corrected chi connectivity index (χ2v) is 0.711. The molecular weight excluding hydrogens is 71.5 g/mol. The molecule has 0 rings (SSSR count). The fraction of sp³-hybridized carbons (Fsp3) is 0.333. The second-order valence-electron chi connectivity index (χ2n) is 0.459. The normalized spacial score (nSPS) is 9.50. The van der Waals surface area contributed by atoms with Crippen LogP contribution in [0.15, 0.2) is 11.6 Å². The maximum atomic E-state index is 5.01. The van der Waals surface area contributed by atoms with Crippen molar-refractivity contribution in [3.8, 4) is 0 Å². The molecule has 4 heavy (non-hydrogen) atoms. The van der Waals surface area contributed by atoms with E-state index in [1.54, 1.807) is 6.08 Å². The first kappa shape index (κ1) is 4.03. The van der Waals surface area contributed by atoms with Gasteiger partial charge in [-0.05, 0) is 12.5 Å². The fourth-order valence-corrected chi connectivity index (χ4v) is 0. The Morgan fingerprint density at radius 1 is 1.75 bits per heavy atom. The van der Waals surface area contributed by atoms with E-state index in [0.29, 0.717) is 0 Å². The number of halogens is 1. The molecule has 0 aromatic carbocycles. The van der Waals surface area contributed by atoms with Gasteiger partial charge in [-0.15, -0.1) is 0 Å². The quantitative estimate of drug-likeness (QED) is 0.412. The van der Waals surface area contributed by atoms with Crippen LogP contribution < -0.4 is 0 Å². The summed E-state index contributed by atoms with van der Waals surface area (Å²) in [6.45, 7) is 1.87. The molecule has 0 saturated carbocycles. The Kier molecular flexibility index (Phi) is 3.05. The van der Waals surface area contributed by atoms with Gasteiger partial charge in [0.25, 0.3) is 0 Å². The summed E-state index contributed by atoms with van der Waals surface area (Å²) in [5.41, 5.74) is 1.47. The molecule has 0 aromatic heterocycles. The predicted molar refractivity (Wildman–Crippen MR) is 20.7 cm³/mol. The van der Waals surface area contributed by atoms with E-state index < -0.39 is 0 Å². The molecule has 1 heteroatoms. The first-order valence-electron chi connectivity index (χ1n) is 1.13. The van der Waals surface area contributed by atoms with Gasteiger partial charge >= 0.3 is 0 Å². The molecule has 0 spiro atoms. The van der Waals surface area contributed by atoms with Crippen molar-refractivity contribution >= 4 is 11.6 Å². The van der Waals surface area contributed by atoms with Gasteiger partial charge in [0.2, 0.25) is 0 Å². The van der Waals surface area contributed by atoms with E-state index in [4.69, 9.17) is 11.6 Å². The van der Waals surface area contributed by atoms with Gasteiger partial charge in [0.1, 0.15) is 0 Å². The lowest BCUT2D eigenvalue weighted by Gasteiger charge is -1.46. The van der Waals surface area contributed by atoms with Crippen molar-refractivity contribution in [3.63, 3.8) is 0 Å². The van der Waals surface area contributed by atoms with Crippen molar-refractivity contribution in [2.75, 3.05) is 0 Å². The van der Waals surface area contributed by atoms with Crippen molar-refractivity contribution in [1.29, 1.82) is 0 Å². The minimum absolute atomic E-state index is 1.47. The number of hydrogen-bond donors (Lipinski definition) is 0. The minimum atomic E-state index is 1.47. The monoisotopic (exact) mass is 76.0 g/mol. The van der Waals surface area contributed by atoms with E-state index in [-0.39, 0.29) is 0 Å². The van der Waals surface area contributed by atoms with Crippen LogP contribution in [0.4, 0.5) is 0 Å². The van der Waals surface area contributed by atoms with E-state index in [2.05, 4.69) is 0 Å². The average Bonchev–Trinajstić information content (AvgIpc) is 1.37. The van der Waals surface area contributed by atoms with Crippen molar-refractivity contribution in [3.05, 3.63) is 11.6 Å². The third-order valence-electron chi connectivity index (χ3n) is 0.126. The molecule has 0 aliphatic rings. The van der Waals surface area contributed by atoms with Gasteiger partial charge in [0, 0.05) is 0 Å². The molecule has 0 fully saturated rings. The summed E-state index contributed by atoms with van der Waals surface area (Å²) in [5.74, 6) is 0. The molecule has 0 aliphatic carbocycles. The Morgan fingerprint density at radius 3 is 2.00 bits per heavy atom. The van der Waals surface area contributed by atoms with Crippen molar-refractivity contribution in [2.45, 2.75) is 6.92 Å². The van der Waals surface area contributed by atoms with Gasteiger partial charge in [-0.1, -0.05) is 17.7 Å². The molecule has 0 atom stereocenters. The summed E-state index contributed by atoms with van der Waals surface area (Å²) in [5, 5.41) is 0. The zero-order valence-corrected chi connectivity index (χ0v) is 3.29. The number of rotatable bonds is 0. The van der Waals surface area contributed by atoms with Crippen molar-refractivity contribution < 1.29 is 0 Å². The van der Waals surface area contributed by atoms with Crippen LogP contribution in [0.5, 0.6) is 0 Å². The highest BCUT2D eigenvalue weighted by Gasteiger charge is 1.37. The van der Waals surface area contributed by atoms with E-state index in [1.165, 1.54) is 5.54 Å². The Hall–Kier alpha value is 0.0300. The molecule has 0 saturated heterocycles. The summed E-state index contributed by atoms with van der Waals surface area (Å²) in [6, 6.07) is 0. The molecule has 0 heterocycles. The van der Waals surface area contributed by atoms with E-state index >= 15 is 0 Å². The Morgan fingerprint density at radius 2 is 2.00 bits per heavy atom. The van der Waals surface area contributed by atoms with Crippen LogP contribution in [0.25, 0.3) is 0 Å². The smallest absolute Gasteiger partial charge is 0.0000330 e. The Labute approximate surface area is 31.1 Å². The first-order chi connectivity index (χ1) is 1.91. The Balaban J connectivity index is 2.55. The van der Waals surface area contributed by atoms with Crippen LogP contribution in [-0.4, -0.2) is 0 Å². The first-order valence-corrected chi connectivity index (χ1v) is 1.57. The summed E-state index contributed by atoms with van der Waals surface area (Å²) in [6.07, 6.45) is 1.77. The average molecular weight is 76.5 g/mol. The van der Waals surface area contributed by atoms with E-state index in [9.17, 15) is 0 Å². The molecule has 0 unspecified atom stereocenters. The maximum Gasteiger partial charge on any atom is -0.0000330 e. The highest BCUT2D eigenvalue weighted by molar-refractivity contribution is 6.25. The highest BCUT2D eigenvalue weighted by atomic mass is 35.5. The standard InChI is InChI=1S/C3H5Cl/c1-2-3-4/h2-3H,1H3/b3-2+. The van der Waals surface area contributed by atoms with E-state index in [0.717, 1.165) is 0 Å². The van der Waals surface area contributed by atoms with Gasteiger partial charge in [0.05, 0.1) is 0 Å². The largest absolute Gasteiger partial charge is 0.0933 e. The number of hydrogen-bond acceptors (Lipinski definition) is 0. The van der Waals surface area contributed by atoms with Gasteiger partial charge in [-0.2, -0.15) is 0 Å². The van der Waals surface area contributed by atoms with Crippen LogP contribution >= 0.6 is 11.6 Å². The van der Waals surface area contributed by atoms with E-state index in [1.807, 2.05) is 6.92 Å². The predicted octanol–water partition coefficient (Wildman–Crippen LogP) is 1.76. The molecule has 0 nitrogen and oxygen atoms in total. The second kappa shape index (κ2) is 3.03. The van der Waals surface area contributed by atoms with Crippen molar-refractivity contribution in [1.82, 2.24) is 0 Å². The van der Waals surface area contributed by atoms with Gasteiger partial charge in [-0.25, -0.2) is 0 Å². The zero-order chi connectivity index (χ0) is 3.41. The SMILES string of the molecule is C/C=C/Cl. The molecule has 0 radical (unpaired) electrons.